The fraction of sp³-hybridized carbons (Fsp3) is 0.364. The van der Waals surface area contributed by atoms with E-state index >= 15 is 0 Å². The molecule has 1 saturated heterocycles. The average Bonchev–Trinajstić information content (AvgIpc) is 3.17. The van der Waals surface area contributed by atoms with Crippen LogP contribution in [0.25, 0.3) is 0 Å². The molecular formula is C22H26N4O. The molecule has 0 saturated carbocycles. The van der Waals surface area contributed by atoms with Crippen LogP contribution in [0.5, 0.6) is 0 Å². The Bertz CT molecular complexity index is 862. The van der Waals surface area contributed by atoms with E-state index in [-0.39, 0.29) is 6.10 Å². The van der Waals surface area contributed by atoms with Crippen LogP contribution in [0.3, 0.4) is 0 Å². The first-order valence-electron chi connectivity index (χ1n) is 9.65. The molecule has 0 amide bonds. The predicted octanol–water partition coefficient (Wildman–Crippen LogP) is 3.46. The standard InChI is InChI=1S/C22H26N4O/c1-2-26-16-19(14-23-26)15-25-11-12-27-22(17-25)21-10-6-9-20(24-21)13-18-7-4-3-5-8-18/h3-10,14,16,22H,2,11-13,15,17H2,1H3/t22-/m0/s1. The van der Waals surface area contributed by atoms with Gasteiger partial charge in [-0.1, -0.05) is 36.4 Å². The summed E-state index contributed by atoms with van der Waals surface area (Å²) in [5.41, 5.74) is 4.64. The van der Waals surface area contributed by atoms with Gasteiger partial charge < -0.3 is 4.74 Å². The van der Waals surface area contributed by atoms with Gasteiger partial charge >= 0.3 is 0 Å². The lowest BCUT2D eigenvalue weighted by Gasteiger charge is -2.32. The van der Waals surface area contributed by atoms with Crippen LogP contribution in [0.15, 0.2) is 60.9 Å². The first kappa shape index (κ1) is 17.9. The SMILES string of the molecule is CCn1cc(CN2CCO[C@H](c3cccc(Cc4ccccc4)n3)C2)cn1. The van der Waals surface area contributed by atoms with E-state index in [0.717, 1.165) is 50.6 Å². The molecule has 1 aliphatic rings. The van der Waals surface area contributed by atoms with Gasteiger partial charge in [0, 0.05) is 50.1 Å². The summed E-state index contributed by atoms with van der Waals surface area (Å²) in [5.74, 6) is 0. The van der Waals surface area contributed by atoms with Crippen LogP contribution in [0.1, 0.15) is 35.5 Å². The average molecular weight is 362 g/mol. The second-order valence-corrected chi connectivity index (χ2v) is 7.01. The van der Waals surface area contributed by atoms with Crippen LogP contribution in [0, 0.1) is 0 Å². The van der Waals surface area contributed by atoms with Crippen LogP contribution < -0.4 is 0 Å². The predicted molar refractivity (Wildman–Crippen MR) is 105 cm³/mol. The monoisotopic (exact) mass is 362 g/mol. The Morgan fingerprint density at radius 3 is 2.78 bits per heavy atom. The lowest BCUT2D eigenvalue weighted by atomic mass is 10.1. The smallest absolute Gasteiger partial charge is 0.112 e. The number of aromatic nitrogens is 3. The second-order valence-electron chi connectivity index (χ2n) is 7.01. The summed E-state index contributed by atoms with van der Waals surface area (Å²) < 4.78 is 8.01. The van der Waals surface area contributed by atoms with Crippen LogP contribution >= 0.6 is 0 Å². The fourth-order valence-corrected chi connectivity index (χ4v) is 3.53. The second kappa shape index (κ2) is 8.46. The van der Waals surface area contributed by atoms with Gasteiger partial charge in [-0.3, -0.25) is 14.6 Å². The minimum atomic E-state index is 0.0238. The molecule has 1 atom stereocenters. The molecule has 2 aromatic heterocycles. The molecule has 0 unspecified atom stereocenters. The number of pyridine rings is 1. The van der Waals surface area contributed by atoms with Crippen molar-refractivity contribution in [3.63, 3.8) is 0 Å². The third-order valence-electron chi connectivity index (χ3n) is 4.95. The van der Waals surface area contributed by atoms with E-state index in [1.807, 2.05) is 16.9 Å². The molecule has 5 heteroatoms. The van der Waals surface area contributed by atoms with Crippen molar-refractivity contribution in [1.29, 1.82) is 0 Å². The molecule has 3 heterocycles. The van der Waals surface area contributed by atoms with Gasteiger partial charge in [0.25, 0.3) is 0 Å². The first-order valence-corrected chi connectivity index (χ1v) is 9.65. The van der Waals surface area contributed by atoms with E-state index in [9.17, 15) is 0 Å². The summed E-state index contributed by atoms with van der Waals surface area (Å²) in [5, 5.41) is 4.38. The summed E-state index contributed by atoms with van der Waals surface area (Å²) in [6.45, 7) is 6.46. The Kier molecular flexibility index (Phi) is 5.61. The van der Waals surface area contributed by atoms with E-state index in [1.54, 1.807) is 0 Å². The Balaban J connectivity index is 1.42. The molecule has 1 fully saturated rings. The van der Waals surface area contributed by atoms with Gasteiger partial charge in [-0.05, 0) is 24.6 Å². The maximum Gasteiger partial charge on any atom is 0.112 e. The molecule has 0 bridgehead atoms. The van der Waals surface area contributed by atoms with Gasteiger partial charge in [-0.2, -0.15) is 5.10 Å². The topological polar surface area (TPSA) is 43.2 Å². The highest BCUT2D eigenvalue weighted by atomic mass is 16.5. The van der Waals surface area contributed by atoms with E-state index in [0.29, 0.717) is 0 Å². The van der Waals surface area contributed by atoms with Crippen molar-refractivity contribution in [2.75, 3.05) is 19.7 Å². The Morgan fingerprint density at radius 2 is 1.96 bits per heavy atom. The van der Waals surface area contributed by atoms with E-state index < -0.39 is 0 Å². The van der Waals surface area contributed by atoms with Crippen LogP contribution in [-0.2, 0) is 24.2 Å². The molecule has 1 aromatic carbocycles. The van der Waals surface area contributed by atoms with E-state index in [4.69, 9.17) is 9.72 Å². The molecular weight excluding hydrogens is 336 g/mol. The minimum Gasteiger partial charge on any atom is -0.369 e. The zero-order valence-corrected chi connectivity index (χ0v) is 15.8. The number of nitrogens with zero attached hydrogens (tertiary/aromatic N) is 4. The number of rotatable bonds is 6. The number of morpholine rings is 1. The van der Waals surface area contributed by atoms with Crippen molar-refractivity contribution in [2.45, 2.75) is 32.5 Å². The number of aryl methyl sites for hydroxylation is 1. The third kappa shape index (κ3) is 4.62. The molecule has 3 aromatic rings. The van der Waals surface area contributed by atoms with Gasteiger partial charge in [-0.25, -0.2) is 0 Å². The van der Waals surface area contributed by atoms with Crippen molar-refractivity contribution in [2.24, 2.45) is 0 Å². The van der Waals surface area contributed by atoms with Crippen molar-refractivity contribution < 1.29 is 4.74 Å². The van der Waals surface area contributed by atoms with Gasteiger partial charge in [0.15, 0.2) is 0 Å². The Labute approximate surface area is 160 Å². The molecule has 0 radical (unpaired) electrons. The number of benzene rings is 1. The molecule has 140 valence electrons. The van der Waals surface area contributed by atoms with Gasteiger partial charge in [0.05, 0.1) is 18.5 Å². The number of ether oxygens (including phenoxy) is 1. The minimum absolute atomic E-state index is 0.0238. The van der Waals surface area contributed by atoms with Crippen LogP contribution in [0.2, 0.25) is 0 Å². The van der Waals surface area contributed by atoms with Gasteiger partial charge in [0.2, 0.25) is 0 Å². The normalized spacial score (nSPS) is 17.9. The quantitative estimate of drug-likeness (QED) is 0.673. The maximum atomic E-state index is 6.04. The Hall–Kier alpha value is -2.50. The van der Waals surface area contributed by atoms with Crippen LogP contribution in [0.4, 0.5) is 0 Å². The summed E-state index contributed by atoms with van der Waals surface area (Å²) in [6.07, 6.45) is 4.97. The fourth-order valence-electron chi connectivity index (χ4n) is 3.53. The highest BCUT2D eigenvalue weighted by Crippen LogP contribution is 2.22. The first-order chi connectivity index (χ1) is 13.3. The highest BCUT2D eigenvalue weighted by Gasteiger charge is 2.23. The van der Waals surface area contributed by atoms with Crippen molar-refractivity contribution >= 4 is 0 Å². The Morgan fingerprint density at radius 1 is 1.07 bits per heavy atom. The van der Waals surface area contributed by atoms with E-state index in [2.05, 4.69) is 65.6 Å². The number of hydrogen-bond donors (Lipinski definition) is 0. The maximum absolute atomic E-state index is 6.04. The van der Waals surface area contributed by atoms with E-state index in [1.165, 1.54) is 11.1 Å². The summed E-state index contributed by atoms with van der Waals surface area (Å²) in [4.78, 5) is 7.31. The summed E-state index contributed by atoms with van der Waals surface area (Å²) >= 11 is 0. The molecule has 1 aliphatic heterocycles. The molecule has 5 nitrogen and oxygen atoms in total. The van der Waals surface area contributed by atoms with Gasteiger partial charge in [0.1, 0.15) is 6.10 Å². The van der Waals surface area contributed by atoms with Crippen LogP contribution in [-0.4, -0.2) is 39.4 Å². The molecule has 0 N–H and O–H groups in total. The zero-order valence-electron chi connectivity index (χ0n) is 15.8. The highest BCUT2D eigenvalue weighted by molar-refractivity contribution is 5.23. The lowest BCUT2D eigenvalue weighted by Crippen LogP contribution is -2.38. The summed E-state index contributed by atoms with van der Waals surface area (Å²) in [7, 11) is 0. The van der Waals surface area contributed by atoms with Crippen molar-refractivity contribution in [1.82, 2.24) is 19.7 Å². The number of hydrogen-bond acceptors (Lipinski definition) is 4. The molecule has 0 aliphatic carbocycles. The molecule has 27 heavy (non-hydrogen) atoms. The molecule has 4 rings (SSSR count). The lowest BCUT2D eigenvalue weighted by molar-refractivity contribution is -0.0350. The largest absolute Gasteiger partial charge is 0.369 e. The van der Waals surface area contributed by atoms with Crippen molar-refractivity contribution in [3.8, 4) is 0 Å². The third-order valence-corrected chi connectivity index (χ3v) is 4.95. The van der Waals surface area contributed by atoms with Gasteiger partial charge in [-0.15, -0.1) is 0 Å². The molecule has 0 spiro atoms. The zero-order chi connectivity index (χ0) is 18.5. The van der Waals surface area contributed by atoms with Crippen molar-refractivity contribution in [3.05, 3.63) is 83.4 Å². The summed E-state index contributed by atoms with van der Waals surface area (Å²) in [6, 6.07) is 16.7.